The SMILES string of the molecule is CC(C)(C)N[C@H]1CNC[C@H](O)C1. The normalized spacial score (nSPS) is 32.0. The summed E-state index contributed by atoms with van der Waals surface area (Å²) in [6, 6.07) is 0.411. The van der Waals surface area contributed by atoms with Crippen LogP contribution in [0, 0.1) is 0 Å². The fourth-order valence-electron chi connectivity index (χ4n) is 1.64. The molecule has 12 heavy (non-hydrogen) atoms. The van der Waals surface area contributed by atoms with Gasteiger partial charge >= 0.3 is 0 Å². The smallest absolute Gasteiger partial charge is 0.0679 e. The van der Waals surface area contributed by atoms with Crippen molar-refractivity contribution in [2.75, 3.05) is 13.1 Å². The summed E-state index contributed by atoms with van der Waals surface area (Å²) in [7, 11) is 0. The molecule has 1 saturated heterocycles. The molecule has 3 N–H and O–H groups in total. The quantitative estimate of drug-likeness (QED) is 0.525. The lowest BCUT2D eigenvalue weighted by molar-refractivity contribution is 0.117. The van der Waals surface area contributed by atoms with Crippen LogP contribution in [0.25, 0.3) is 0 Å². The number of aliphatic hydroxyl groups is 1. The van der Waals surface area contributed by atoms with Crippen LogP contribution in [0.1, 0.15) is 27.2 Å². The molecule has 1 rings (SSSR count). The molecule has 3 heteroatoms. The van der Waals surface area contributed by atoms with Gasteiger partial charge in [0.05, 0.1) is 6.10 Å². The molecule has 0 unspecified atom stereocenters. The van der Waals surface area contributed by atoms with Crippen LogP contribution >= 0.6 is 0 Å². The highest BCUT2D eigenvalue weighted by molar-refractivity contribution is 4.85. The van der Waals surface area contributed by atoms with Gasteiger partial charge in [-0.2, -0.15) is 0 Å². The molecule has 1 aliphatic heterocycles. The summed E-state index contributed by atoms with van der Waals surface area (Å²) in [5.41, 5.74) is 0.142. The standard InChI is InChI=1S/C9H20N2O/c1-9(2,3)11-7-4-8(12)6-10-5-7/h7-8,10-12H,4-6H2,1-3H3/t7-,8-/m1/s1. The zero-order valence-corrected chi connectivity index (χ0v) is 8.22. The van der Waals surface area contributed by atoms with Crippen LogP contribution in [0.4, 0.5) is 0 Å². The second kappa shape index (κ2) is 3.73. The minimum Gasteiger partial charge on any atom is -0.392 e. The molecule has 0 bridgehead atoms. The molecule has 0 aromatic rings. The summed E-state index contributed by atoms with van der Waals surface area (Å²) >= 11 is 0. The van der Waals surface area contributed by atoms with Crippen molar-refractivity contribution in [3.05, 3.63) is 0 Å². The lowest BCUT2D eigenvalue weighted by Crippen LogP contribution is -2.54. The molecule has 72 valence electrons. The van der Waals surface area contributed by atoms with Crippen molar-refractivity contribution in [2.45, 2.75) is 44.9 Å². The van der Waals surface area contributed by atoms with E-state index in [1.165, 1.54) is 0 Å². The van der Waals surface area contributed by atoms with Crippen molar-refractivity contribution in [3.8, 4) is 0 Å². The van der Waals surface area contributed by atoms with Crippen molar-refractivity contribution in [1.82, 2.24) is 10.6 Å². The second-order valence-corrected chi connectivity index (χ2v) is 4.64. The Morgan fingerprint density at radius 2 is 2.00 bits per heavy atom. The summed E-state index contributed by atoms with van der Waals surface area (Å²) in [5, 5.41) is 16.0. The molecule has 0 spiro atoms. The number of aliphatic hydroxyl groups excluding tert-OH is 1. The van der Waals surface area contributed by atoms with Gasteiger partial charge in [-0.05, 0) is 27.2 Å². The van der Waals surface area contributed by atoms with Gasteiger partial charge in [-0.1, -0.05) is 0 Å². The van der Waals surface area contributed by atoms with Crippen LogP contribution < -0.4 is 10.6 Å². The first kappa shape index (κ1) is 9.96. The average molecular weight is 172 g/mol. The zero-order chi connectivity index (χ0) is 9.19. The highest BCUT2D eigenvalue weighted by atomic mass is 16.3. The second-order valence-electron chi connectivity index (χ2n) is 4.64. The van der Waals surface area contributed by atoms with E-state index in [0.29, 0.717) is 6.04 Å². The third-order valence-electron chi connectivity index (χ3n) is 1.96. The first-order valence-electron chi connectivity index (χ1n) is 4.64. The first-order valence-corrected chi connectivity index (χ1v) is 4.64. The average Bonchev–Trinajstić information content (AvgIpc) is 1.82. The number of rotatable bonds is 1. The fraction of sp³-hybridized carbons (Fsp3) is 1.00. The van der Waals surface area contributed by atoms with E-state index in [4.69, 9.17) is 0 Å². The Balaban J connectivity index is 2.32. The molecule has 0 aromatic carbocycles. The predicted molar refractivity (Wildman–Crippen MR) is 50.2 cm³/mol. The lowest BCUT2D eigenvalue weighted by atomic mass is 10.0. The molecule has 2 atom stereocenters. The van der Waals surface area contributed by atoms with E-state index in [2.05, 4.69) is 31.4 Å². The molecule has 1 heterocycles. The van der Waals surface area contributed by atoms with Gasteiger partial charge in [0.2, 0.25) is 0 Å². The van der Waals surface area contributed by atoms with Gasteiger partial charge in [0.15, 0.2) is 0 Å². The van der Waals surface area contributed by atoms with Crippen LogP contribution in [0.15, 0.2) is 0 Å². The molecular formula is C9H20N2O. The van der Waals surface area contributed by atoms with Crippen LogP contribution in [-0.4, -0.2) is 35.9 Å². The maximum Gasteiger partial charge on any atom is 0.0679 e. The highest BCUT2D eigenvalue weighted by Crippen LogP contribution is 2.08. The minimum absolute atomic E-state index is 0.142. The monoisotopic (exact) mass is 172 g/mol. The Labute approximate surface area is 74.5 Å². The van der Waals surface area contributed by atoms with Crippen LogP contribution in [-0.2, 0) is 0 Å². The Hall–Kier alpha value is -0.120. The molecule has 0 amide bonds. The topological polar surface area (TPSA) is 44.3 Å². The molecule has 0 aliphatic carbocycles. The zero-order valence-electron chi connectivity index (χ0n) is 8.22. The van der Waals surface area contributed by atoms with Crippen molar-refractivity contribution in [3.63, 3.8) is 0 Å². The first-order chi connectivity index (χ1) is 5.47. The van der Waals surface area contributed by atoms with Crippen molar-refractivity contribution >= 4 is 0 Å². The Kier molecular flexibility index (Phi) is 3.09. The van der Waals surface area contributed by atoms with E-state index in [-0.39, 0.29) is 11.6 Å². The number of β-amino-alcohol motifs (C(OH)–C–C–N with tert-alkyl or cyclic N) is 1. The van der Waals surface area contributed by atoms with E-state index in [1.54, 1.807) is 0 Å². The van der Waals surface area contributed by atoms with Gasteiger partial charge < -0.3 is 15.7 Å². The number of piperidine rings is 1. The molecule has 0 saturated carbocycles. The van der Waals surface area contributed by atoms with Crippen LogP contribution in [0.5, 0.6) is 0 Å². The van der Waals surface area contributed by atoms with E-state index >= 15 is 0 Å². The van der Waals surface area contributed by atoms with Gasteiger partial charge in [0.1, 0.15) is 0 Å². The van der Waals surface area contributed by atoms with E-state index in [9.17, 15) is 5.11 Å². The Morgan fingerprint density at radius 1 is 1.33 bits per heavy atom. The summed E-state index contributed by atoms with van der Waals surface area (Å²) in [6.45, 7) is 8.15. The maximum atomic E-state index is 9.37. The van der Waals surface area contributed by atoms with E-state index in [0.717, 1.165) is 19.5 Å². The molecule has 1 aliphatic rings. The van der Waals surface area contributed by atoms with Crippen molar-refractivity contribution in [2.24, 2.45) is 0 Å². The van der Waals surface area contributed by atoms with Gasteiger partial charge in [-0.25, -0.2) is 0 Å². The Morgan fingerprint density at radius 3 is 2.50 bits per heavy atom. The van der Waals surface area contributed by atoms with E-state index < -0.39 is 0 Å². The Bertz CT molecular complexity index is 142. The number of hydrogen-bond acceptors (Lipinski definition) is 3. The summed E-state index contributed by atoms with van der Waals surface area (Å²) in [5.74, 6) is 0. The maximum absolute atomic E-state index is 9.37. The van der Waals surface area contributed by atoms with Crippen LogP contribution in [0.3, 0.4) is 0 Å². The van der Waals surface area contributed by atoms with Gasteiger partial charge in [-0.15, -0.1) is 0 Å². The van der Waals surface area contributed by atoms with Gasteiger partial charge in [0.25, 0.3) is 0 Å². The fourth-order valence-corrected chi connectivity index (χ4v) is 1.64. The molecule has 0 radical (unpaired) electrons. The molecule has 1 fully saturated rings. The molecule has 0 aromatic heterocycles. The largest absolute Gasteiger partial charge is 0.392 e. The third kappa shape index (κ3) is 3.52. The summed E-state index contributed by atoms with van der Waals surface area (Å²) in [4.78, 5) is 0. The van der Waals surface area contributed by atoms with Crippen molar-refractivity contribution in [1.29, 1.82) is 0 Å². The highest BCUT2D eigenvalue weighted by Gasteiger charge is 2.23. The van der Waals surface area contributed by atoms with Crippen LogP contribution in [0.2, 0.25) is 0 Å². The summed E-state index contributed by atoms with van der Waals surface area (Å²) in [6.07, 6.45) is 0.683. The van der Waals surface area contributed by atoms with Crippen molar-refractivity contribution < 1.29 is 5.11 Å². The van der Waals surface area contributed by atoms with E-state index in [1.807, 2.05) is 0 Å². The molecule has 3 nitrogen and oxygen atoms in total. The molecular weight excluding hydrogens is 152 g/mol. The lowest BCUT2D eigenvalue weighted by Gasteiger charge is -2.33. The number of nitrogens with one attached hydrogen (secondary N) is 2. The predicted octanol–water partition coefficient (Wildman–Crippen LogP) is 0.0973. The minimum atomic E-state index is -0.182. The van der Waals surface area contributed by atoms with Gasteiger partial charge in [-0.3, -0.25) is 0 Å². The van der Waals surface area contributed by atoms with Gasteiger partial charge in [0, 0.05) is 24.7 Å². The number of hydrogen-bond donors (Lipinski definition) is 3. The third-order valence-corrected chi connectivity index (χ3v) is 1.96. The summed E-state index contributed by atoms with van der Waals surface area (Å²) < 4.78 is 0.